The van der Waals surface area contributed by atoms with Crippen LogP contribution in [0, 0.1) is 13.8 Å². The van der Waals surface area contributed by atoms with E-state index < -0.39 is 53.3 Å². The summed E-state index contributed by atoms with van der Waals surface area (Å²) in [5, 5.41) is 47.3. The number of aromatic hydroxyl groups is 1. The van der Waals surface area contributed by atoms with Crippen molar-refractivity contribution < 1.29 is 55.2 Å². The first kappa shape index (κ1) is 55.6. The number of hydrogen-bond donors (Lipinski definition) is 4. The molecule has 0 bridgehead atoms. The van der Waals surface area contributed by atoms with Crippen LogP contribution >= 0.6 is 23.2 Å². The van der Waals surface area contributed by atoms with E-state index in [0.29, 0.717) is 44.4 Å². The molecule has 0 radical (unpaired) electrons. The molecule has 368 valence electrons. The summed E-state index contributed by atoms with van der Waals surface area (Å²) in [4.78, 5) is 24.9. The first-order valence-electron chi connectivity index (χ1n) is 20.9. The van der Waals surface area contributed by atoms with Crippen LogP contribution in [-0.2, 0) is 20.2 Å². The summed E-state index contributed by atoms with van der Waals surface area (Å²) in [6, 6.07) is 35.2. The summed E-state index contributed by atoms with van der Waals surface area (Å²) in [6.07, 6.45) is 0. The Kier molecular flexibility index (Phi) is 17.8. The van der Waals surface area contributed by atoms with Gasteiger partial charge in [0, 0.05) is 27.7 Å². The largest absolute Gasteiger partial charge is 2.00 e. The van der Waals surface area contributed by atoms with E-state index >= 15 is 0 Å². The molecule has 0 fully saturated rings. The maximum atomic E-state index is 13.3. The molecule has 4 N–H and O–H groups in total. The van der Waals surface area contributed by atoms with Gasteiger partial charge >= 0.3 is 37.7 Å². The Morgan fingerprint density at radius 1 is 0.575 bits per heavy atom. The van der Waals surface area contributed by atoms with Gasteiger partial charge in [-0.15, -0.1) is 15.3 Å². The number of hydrogen-bond acceptors (Lipinski definition) is 15. The third-order valence-corrected chi connectivity index (χ3v) is 13.4. The average Bonchev–Trinajstić information content (AvgIpc) is 3.34. The Morgan fingerprint density at radius 3 is 1.44 bits per heavy atom. The van der Waals surface area contributed by atoms with Crippen molar-refractivity contribution >= 4 is 149 Å². The van der Waals surface area contributed by atoms with E-state index in [9.17, 15) is 45.7 Å². The number of carbonyl (C=O) groups is 2. The van der Waals surface area contributed by atoms with Crippen LogP contribution in [0.4, 0.5) is 34.1 Å². The Hall–Kier alpha value is -6.72. The number of fused-ring (bicyclic) bond motifs is 2. The molecule has 0 atom stereocenters. The van der Waals surface area contributed by atoms with Gasteiger partial charge in [0.15, 0.2) is 5.75 Å². The molecule has 23 heteroatoms. The van der Waals surface area contributed by atoms with Crippen molar-refractivity contribution in [2.24, 2.45) is 20.5 Å². The predicted molar refractivity (Wildman–Crippen MR) is 275 cm³/mol. The number of rotatable bonds is 12. The minimum absolute atomic E-state index is 0. The Balaban J connectivity index is 0.000000235. The molecule has 8 aromatic carbocycles. The van der Waals surface area contributed by atoms with Crippen LogP contribution in [0.2, 0.25) is 10.0 Å². The molecule has 2 amide bonds. The van der Waals surface area contributed by atoms with Crippen molar-refractivity contribution in [1.29, 1.82) is 0 Å². The number of anilines is 2. The van der Waals surface area contributed by atoms with E-state index in [0.717, 1.165) is 0 Å². The third-order valence-electron chi connectivity index (χ3n) is 10.7. The van der Waals surface area contributed by atoms with Crippen molar-refractivity contribution in [3.63, 3.8) is 0 Å². The first-order chi connectivity index (χ1) is 34.2. The summed E-state index contributed by atoms with van der Waals surface area (Å²) >= 11 is 12.3. The second-order valence-corrected chi connectivity index (χ2v) is 18.9. The number of amides is 2. The molecular weight excluding hydrogens is 1050 g/mol. The monoisotopic (exact) mass is 1090 g/mol. The Morgan fingerprint density at radius 2 is 0.973 bits per heavy atom. The van der Waals surface area contributed by atoms with Gasteiger partial charge in [0.05, 0.1) is 40.4 Å². The van der Waals surface area contributed by atoms with Gasteiger partial charge in [-0.05, 0) is 109 Å². The van der Waals surface area contributed by atoms with Crippen LogP contribution < -0.4 is 25.2 Å². The van der Waals surface area contributed by atoms with Crippen LogP contribution in [0.1, 0.15) is 31.8 Å². The van der Waals surface area contributed by atoms with Crippen molar-refractivity contribution in [3.05, 3.63) is 166 Å². The molecule has 0 spiro atoms. The fourth-order valence-corrected chi connectivity index (χ4v) is 9.46. The maximum Gasteiger partial charge on any atom is 2.00 e. The average molecular weight is 1090 g/mol. The van der Waals surface area contributed by atoms with Crippen molar-refractivity contribution in [2.45, 2.75) is 23.6 Å². The smallest absolute Gasteiger partial charge is 0.870 e. The van der Waals surface area contributed by atoms with E-state index in [4.69, 9.17) is 32.7 Å². The number of aryl methyl sites for hydroxylation is 2. The fourth-order valence-electron chi connectivity index (χ4n) is 7.24. The molecule has 0 aliphatic rings. The van der Waals surface area contributed by atoms with Crippen LogP contribution in [0.5, 0.6) is 23.0 Å². The minimum atomic E-state index is -4.94. The molecular formula is C50H38CaCl2N6O12S2. The standard InChI is InChI=1S/2C25H20ClN3O6S.Ca/c2*1-14-7-12-20(26)22(24(14)36(32,33)34)29-28-21-18-6-4-3-5-15(18)13-19(23(21)30)25(31)27-16-8-10-17(35-2)11-9-16;/h2*3-13,30H,1-2H3,(H,27,31)(H,32,33,34);/q;;+2/p-2. The molecule has 73 heavy (non-hydrogen) atoms. The number of nitrogens with zero attached hydrogens (tertiary/aromatic N) is 4. The molecule has 18 nitrogen and oxygen atoms in total. The number of phenols is 1. The summed E-state index contributed by atoms with van der Waals surface area (Å²) in [6.45, 7) is 2.88. The zero-order valence-electron chi connectivity index (χ0n) is 38.7. The van der Waals surface area contributed by atoms with Crippen LogP contribution in [-0.4, -0.2) is 94.8 Å². The zero-order chi connectivity index (χ0) is 52.1. The second-order valence-electron chi connectivity index (χ2n) is 15.4. The van der Waals surface area contributed by atoms with Gasteiger partial charge in [-0.25, -0.2) is 8.42 Å². The van der Waals surface area contributed by atoms with Gasteiger partial charge in [-0.2, -0.15) is 13.5 Å². The third kappa shape index (κ3) is 12.7. The minimum Gasteiger partial charge on any atom is -0.870 e. The van der Waals surface area contributed by atoms with Gasteiger partial charge in [-0.1, -0.05) is 89.6 Å². The number of methoxy groups -OCH3 is 2. The number of azo groups is 2. The molecule has 0 aliphatic heterocycles. The molecule has 0 saturated heterocycles. The Labute approximate surface area is 457 Å². The van der Waals surface area contributed by atoms with Crippen molar-refractivity contribution in [2.75, 3.05) is 24.9 Å². The summed E-state index contributed by atoms with van der Waals surface area (Å²) in [5.74, 6) is -1.28. The molecule has 8 aromatic rings. The van der Waals surface area contributed by atoms with Crippen molar-refractivity contribution in [3.8, 4) is 23.0 Å². The predicted octanol–water partition coefficient (Wildman–Crippen LogP) is 11.5. The molecule has 0 saturated carbocycles. The summed E-state index contributed by atoms with van der Waals surface area (Å²) in [7, 11) is -6.58. The van der Waals surface area contributed by atoms with Crippen LogP contribution in [0.15, 0.2) is 164 Å². The van der Waals surface area contributed by atoms with E-state index in [2.05, 4.69) is 31.1 Å². The number of carbonyl (C=O) groups excluding carboxylic acids is 2. The first-order valence-corrected chi connectivity index (χ1v) is 24.5. The van der Waals surface area contributed by atoms with Gasteiger partial charge < -0.3 is 34.9 Å². The fraction of sp³-hybridized carbons (Fsp3) is 0.0800. The van der Waals surface area contributed by atoms with E-state index in [1.165, 1.54) is 64.5 Å². The number of phenolic OH excluding ortho intramolecular Hbond substituents is 1. The molecule has 8 rings (SSSR count). The number of nitrogens with one attached hydrogen (secondary N) is 2. The quantitative estimate of drug-likeness (QED) is 0.0505. The van der Waals surface area contributed by atoms with Crippen molar-refractivity contribution in [1.82, 2.24) is 0 Å². The van der Waals surface area contributed by atoms with E-state index in [1.807, 2.05) is 0 Å². The molecule has 0 heterocycles. The summed E-state index contributed by atoms with van der Waals surface area (Å²) < 4.78 is 79.3. The molecule has 0 aliphatic carbocycles. The van der Waals surface area contributed by atoms with Crippen LogP contribution in [0.25, 0.3) is 21.5 Å². The maximum absolute atomic E-state index is 13.3. The van der Waals surface area contributed by atoms with E-state index in [-0.39, 0.29) is 92.8 Å². The second kappa shape index (κ2) is 23.4. The molecule has 0 unspecified atom stereocenters. The van der Waals surface area contributed by atoms with E-state index in [1.54, 1.807) is 97.1 Å². The van der Waals surface area contributed by atoms with Gasteiger partial charge in [0.25, 0.3) is 21.9 Å². The van der Waals surface area contributed by atoms with Gasteiger partial charge in [-0.3, -0.25) is 14.1 Å². The summed E-state index contributed by atoms with van der Waals surface area (Å²) in [5.41, 5.74) is -0.00475. The zero-order valence-corrected chi connectivity index (χ0v) is 44.1. The number of benzene rings is 8. The topological polar surface area (TPSA) is 281 Å². The van der Waals surface area contributed by atoms with Crippen LogP contribution in [0.3, 0.4) is 0 Å². The molecule has 0 aromatic heterocycles. The van der Waals surface area contributed by atoms with Gasteiger partial charge in [0.1, 0.15) is 43.6 Å². The number of ether oxygens (including phenoxy) is 2. The number of halogens is 2. The SMILES string of the molecule is COc1ccc(NC(=O)c2cc3ccccc3c(N=Nc3c(Cl)ccc(C)c3S(=O)(=O)O)c2O)cc1.COc1ccc(NC(=O)c2cc3ccccc3c(N=Nc3c(Cl)ccc(C)c3S(=O)(=O)[O-])c2[O-])cc1.[Ca+2]. The van der Waals surface area contributed by atoms with Gasteiger partial charge in [0.2, 0.25) is 0 Å². The Bertz CT molecular complexity index is 3490. The normalized spacial score (nSPS) is 11.5.